The standard InChI is InChI=1S/C35H28BrClN4O/c36-30-18-19-41-33(21-32(40-34(30)41)29-12-6-7-13-31(29)37)38-22-25-14-16-26(17-15-25)23-39-35(42)28-11-5-4-10-27(28)20-24-8-2-1-3-9-24/h1-19,21,38H,20,22-23H2,(H,39,42). The molecular formula is C35H28BrClN4O. The smallest absolute Gasteiger partial charge is 0.251 e. The topological polar surface area (TPSA) is 58.4 Å². The number of carbonyl (C=O) groups is 1. The van der Waals surface area contributed by atoms with Crippen molar-refractivity contribution in [2.45, 2.75) is 19.5 Å². The van der Waals surface area contributed by atoms with Crippen LogP contribution in [0.4, 0.5) is 5.82 Å². The van der Waals surface area contributed by atoms with Crippen LogP contribution in [0.3, 0.4) is 0 Å². The number of rotatable bonds is 9. The third-order valence-electron chi connectivity index (χ3n) is 7.17. The zero-order valence-corrected chi connectivity index (χ0v) is 25.1. The molecule has 2 aromatic heterocycles. The molecule has 0 saturated heterocycles. The van der Waals surface area contributed by atoms with Crippen molar-refractivity contribution >= 4 is 44.9 Å². The number of benzene rings is 4. The predicted molar refractivity (Wildman–Crippen MR) is 174 cm³/mol. The molecule has 0 atom stereocenters. The second-order valence-corrected chi connectivity index (χ2v) is 11.3. The Morgan fingerprint density at radius 3 is 2.26 bits per heavy atom. The van der Waals surface area contributed by atoms with Gasteiger partial charge in [-0.3, -0.25) is 9.20 Å². The van der Waals surface area contributed by atoms with Gasteiger partial charge in [0.2, 0.25) is 0 Å². The van der Waals surface area contributed by atoms with Gasteiger partial charge in [-0.1, -0.05) is 103 Å². The SMILES string of the molecule is O=C(NCc1ccc(CNc2cc(-c3ccccc3Cl)nc3c(Br)ccn23)cc1)c1ccccc1Cc1ccccc1. The molecule has 2 N–H and O–H groups in total. The van der Waals surface area contributed by atoms with E-state index in [1.54, 1.807) is 0 Å². The van der Waals surface area contributed by atoms with Gasteiger partial charge in [0.25, 0.3) is 5.91 Å². The first-order chi connectivity index (χ1) is 20.5. The van der Waals surface area contributed by atoms with E-state index in [-0.39, 0.29) is 5.91 Å². The summed E-state index contributed by atoms with van der Waals surface area (Å²) in [5, 5.41) is 7.30. The van der Waals surface area contributed by atoms with E-state index in [2.05, 4.69) is 63.0 Å². The highest BCUT2D eigenvalue weighted by molar-refractivity contribution is 9.10. The number of amides is 1. The first-order valence-electron chi connectivity index (χ1n) is 13.7. The molecule has 0 fully saturated rings. The first-order valence-corrected chi connectivity index (χ1v) is 14.9. The number of nitrogens with one attached hydrogen (secondary N) is 2. The van der Waals surface area contributed by atoms with E-state index in [0.29, 0.717) is 23.7 Å². The van der Waals surface area contributed by atoms with Gasteiger partial charge in [0.05, 0.1) is 10.2 Å². The molecule has 0 aliphatic carbocycles. The van der Waals surface area contributed by atoms with Crippen LogP contribution < -0.4 is 10.6 Å². The third-order valence-corrected chi connectivity index (χ3v) is 8.12. The lowest BCUT2D eigenvalue weighted by Crippen LogP contribution is -2.24. The lowest BCUT2D eigenvalue weighted by Gasteiger charge is -2.13. The van der Waals surface area contributed by atoms with Crippen LogP contribution in [-0.2, 0) is 19.5 Å². The Balaban J connectivity index is 1.12. The average molecular weight is 636 g/mol. The van der Waals surface area contributed by atoms with E-state index < -0.39 is 0 Å². The molecule has 208 valence electrons. The molecule has 0 unspecified atom stereocenters. The summed E-state index contributed by atoms with van der Waals surface area (Å²) >= 11 is 10.1. The van der Waals surface area contributed by atoms with Gasteiger partial charge in [-0.15, -0.1) is 0 Å². The van der Waals surface area contributed by atoms with Gasteiger partial charge in [0, 0.05) is 41.5 Å². The fourth-order valence-corrected chi connectivity index (χ4v) is 5.58. The predicted octanol–water partition coefficient (Wildman–Crippen LogP) is 8.55. The minimum Gasteiger partial charge on any atom is -0.367 e. The van der Waals surface area contributed by atoms with Crippen molar-refractivity contribution in [3.8, 4) is 11.3 Å². The quantitative estimate of drug-likeness (QED) is 0.167. The molecule has 0 bridgehead atoms. The van der Waals surface area contributed by atoms with E-state index in [4.69, 9.17) is 16.6 Å². The van der Waals surface area contributed by atoms with Crippen molar-refractivity contribution in [2.24, 2.45) is 0 Å². The molecule has 42 heavy (non-hydrogen) atoms. The highest BCUT2D eigenvalue weighted by Crippen LogP contribution is 2.31. The number of halogens is 2. The van der Waals surface area contributed by atoms with Crippen LogP contribution in [0.25, 0.3) is 16.9 Å². The lowest BCUT2D eigenvalue weighted by atomic mass is 9.99. The molecule has 0 saturated carbocycles. The fourth-order valence-electron chi connectivity index (χ4n) is 4.95. The van der Waals surface area contributed by atoms with E-state index in [0.717, 1.165) is 50.3 Å². The number of fused-ring (bicyclic) bond motifs is 1. The molecule has 0 aliphatic heterocycles. The molecule has 6 aromatic rings. The molecule has 6 rings (SSSR count). The molecule has 7 heteroatoms. The van der Waals surface area contributed by atoms with Crippen molar-refractivity contribution in [1.82, 2.24) is 14.7 Å². The zero-order valence-electron chi connectivity index (χ0n) is 22.7. The Morgan fingerprint density at radius 2 is 1.48 bits per heavy atom. The summed E-state index contributed by atoms with van der Waals surface area (Å²) < 4.78 is 2.93. The highest BCUT2D eigenvalue weighted by Gasteiger charge is 2.13. The largest absolute Gasteiger partial charge is 0.367 e. The van der Waals surface area contributed by atoms with Crippen LogP contribution in [0.2, 0.25) is 5.02 Å². The van der Waals surface area contributed by atoms with Crippen LogP contribution in [0.15, 0.2) is 126 Å². The van der Waals surface area contributed by atoms with Gasteiger partial charge in [0.1, 0.15) is 5.82 Å². The summed E-state index contributed by atoms with van der Waals surface area (Å²) in [6.07, 6.45) is 2.70. The summed E-state index contributed by atoms with van der Waals surface area (Å²) in [4.78, 5) is 17.9. The number of hydrogen-bond donors (Lipinski definition) is 2. The van der Waals surface area contributed by atoms with Gasteiger partial charge in [-0.2, -0.15) is 0 Å². The van der Waals surface area contributed by atoms with Crippen LogP contribution in [0, 0.1) is 0 Å². The zero-order chi connectivity index (χ0) is 28.9. The number of anilines is 1. The lowest BCUT2D eigenvalue weighted by molar-refractivity contribution is 0.0950. The third kappa shape index (κ3) is 6.25. The van der Waals surface area contributed by atoms with Gasteiger partial charge >= 0.3 is 0 Å². The van der Waals surface area contributed by atoms with Gasteiger partial charge in [-0.25, -0.2) is 4.98 Å². The summed E-state index contributed by atoms with van der Waals surface area (Å²) in [5.74, 6) is 0.840. The second-order valence-electron chi connectivity index (χ2n) is 10.0. The fraction of sp³-hybridized carbons (Fsp3) is 0.0857. The molecule has 0 radical (unpaired) electrons. The maximum atomic E-state index is 13.1. The van der Waals surface area contributed by atoms with E-state index >= 15 is 0 Å². The number of nitrogens with zero attached hydrogens (tertiary/aromatic N) is 2. The maximum Gasteiger partial charge on any atom is 0.251 e. The molecular weight excluding hydrogens is 608 g/mol. The minimum absolute atomic E-state index is 0.0683. The summed E-state index contributed by atoms with van der Waals surface area (Å²) in [6.45, 7) is 1.08. The summed E-state index contributed by atoms with van der Waals surface area (Å²) in [7, 11) is 0. The Morgan fingerprint density at radius 1 is 0.786 bits per heavy atom. The maximum absolute atomic E-state index is 13.1. The summed E-state index contributed by atoms with van der Waals surface area (Å²) in [5.41, 5.74) is 7.55. The Hall–Kier alpha value is -4.39. The highest BCUT2D eigenvalue weighted by atomic mass is 79.9. The van der Waals surface area contributed by atoms with Gasteiger partial charge in [-0.05, 0) is 62.8 Å². The average Bonchev–Trinajstić information content (AvgIpc) is 3.40. The van der Waals surface area contributed by atoms with E-state index in [1.165, 1.54) is 5.56 Å². The number of carbonyl (C=O) groups excluding carboxylic acids is 1. The Bertz CT molecular complexity index is 1850. The normalized spacial score (nSPS) is 11.0. The second kappa shape index (κ2) is 12.6. The minimum atomic E-state index is -0.0683. The van der Waals surface area contributed by atoms with Gasteiger partial charge < -0.3 is 10.6 Å². The number of aromatic nitrogens is 2. The first kappa shape index (κ1) is 27.8. The van der Waals surface area contributed by atoms with E-state index in [1.807, 2.05) is 89.5 Å². The number of hydrogen-bond acceptors (Lipinski definition) is 3. The van der Waals surface area contributed by atoms with Crippen molar-refractivity contribution in [3.63, 3.8) is 0 Å². The van der Waals surface area contributed by atoms with Crippen molar-refractivity contribution < 1.29 is 4.79 Å². The Labute approximate surface area is 258 Å². The van der Waals surface area contributed by atoms with Crippen LogP contribution in [0.1, 0.15) is 32.6 Å². The van der Waals surface area contributed by atoms with E-state index in [9.17, 15) is 4.79 Å². The van der Waals surface area contributed by atoms with Crippen LogP contribution in [-0.4, -0.2) is 15.3 Å². The van der Waals surface area contributed by atoms with Crippen LogP contribution >= 0.6 is 27.5 Å². The monoisotopic (exact) mass is 634 g/mol. The van der Waals surface area contributed by atoms with Crippen molar-refractivity contribution in [1.29, 1.82) is 0 Å². The molecule has 2 heterocycles. The van der Waals surface area contributed by atoms with Crippen molar-refractivity contribution in [3.05, 3.63) is 159 Å². The molecule has 4 aromatic carbocycles. The van der Waals surface area contributed by atoms with Crippen molar-refractivity contribution in [2.75, 3.05) is 5.32 Å². The Kier molecular flexibility index (Phi) is 8.35. The molecule has 5 nitrogen and oxygen atoms in total. The molecule has 1 amide bonds. The van der Waals surface area contributed by atoms with Crippen LogP contribution in [0.5, 0.6) is 0 Å². The molecule has 0 spiro atoms. The summed E-state index contributed by atoms with van der Waals surface area (Å²) in [6, 6.07) is 38.0. The molecule has 0 aliphatic rings. The van der Waals surface area contributed by atoms with Gasteiger partial charge in [0.15, 0.2) is 5.65 Å².